The Balaban J connectivity index is 1.72. The Morgan fingerprint density at radius 1 is 0.906 bits per heavy atom. The molecule has 3 aromatic carbocycles. The van der Waals surface area contributed by atoms with Crippen LogP contribution in [0.4, 0.5) is 17.1 Å². The van der Waals surface area contributed by atoms with Gasteiger partial charge in [0.05, 0.1) is 27.6 Å². The highest BCUT2D eigenvalue weighted by molar-refractivity contribution is 7.92. The second-order valence-electron chi connectivity index (χ2n) is 6.50. The molecule has 0 radical (unpaired) electrons. The number of non-ortho nitro benzene ring substituents is 1. The van der Waals surface area contributed by atoms with E-state index in [4.69, 9.17) is 0 Å². The number of hydrogen-bond acceptors (Lipinski definition) is 6. The van der Waals surface area contributed by atoms with Gasteiger partial charge in [-0.25, -0.2) is 8.42 Å². The number of anilines is 2. The SMILES string of the molecule is O=C(CNC(=O)c1ccccc1NS(=O)(=O)c1cccc([N+](=O)[O-])c1)Nc1ccccc1. The molecule has 0 heterocycles. The fraction of sp³-hybridized carbons (Fsp3) is 0.0476. The van der Waals surface area contributed by atoms with E-state index in [0.717, 1.165) is 6.07 Å². The molecule has 0 bridgehead atoms. The fourth-order valence-electron chi connectivity index (χ4n) is 2.72. The molecule has 0 saturated heterocycles. The van der Waals surface area contributed by atoms with E-state index in [1.54, 1.807) is 30.3 Å². The highest BCUT2D eigenvalue weighted by Crippen LogP contribution is 2.22. The number of sulfonamides is 1. The Kier molecular flexibility index (Phi) is 6.80. The Morgan fingerprint density at radius 2 is 1.59 bits per heavy atom. The maximum absolute atomic E-state index is 12.7. The number of rotatable bonds is 8. The van der Waals surface area contributed by atoms with Crippen molar-refractivity contribution in [2.75, 3.05) is 16.6 Å². The number of nitro groups is 1. The summed E-state index contributed by atoms with van der Waals surface area (Å²) in [6.07, 6.45) is 0. The van der Waals surface area contributed by atoms with Gasteiger partial charge in [-0.15, -0.1) is 0 Å². The van der Waals surface area contributed by atoms with E-state index in [1.807, 2.05) is 0 Å². The maximum Gasteiger partial charge on any atom is 0.270 e. The van der Waals surface area contributed by atoms with Crippen LogP contribution in [0.15, 0.2) is 83.8 Å². The predicted molar refractivity (Wildman–Crippen MR) is 118 cm³/mol. The molecule has 3 N–H and O–H groups in total. The minimum Gasteiger partial charge on any atom is -0.343 e. The van der Waals surface area contributed by atoms with E-state index in [0.29, 0.717) is 5.69 Å². The number of carbonyl (C=O) groups is 2. The first-order chi connectivity index (χ1) is 15.3. The lowest BCUT2D eigenvalue weighted by atomic mass is 10.1. The molecule has 3 aromatic rings. The molecule has 0 aliphatic carbocycles. The minimum absolute atomic E-state index is 0.0194. The van der Waals surface area contributed by atoms with Crippen LogP contribution in [0, 0.1) is 10.1 Å². The third kappa shape index (κ3) is 5.67. The molecule has 0 spiro atoms. The van der Waals surface area contributed by atoms with Gasteiger partial charge in [0.1, 0.15) is 0 Å². The monoisotopic (exact) mass is 454 g/mol. The molecule has 10 nitrogen and oxygen atoms in total. The highest BCUT2D eigenvalue weighted by Gasteiger charge is 2.21. The van der Waals surface area contributed by atoms with E-state index >= 15 is 0 Å². The fourth-order valence-corrected chi connectivity index (χ4v) is 3.84. The van der Waals surface area contributed by atoms with E-state index in [1.165, 1.54) is 42.5 Å². The number of nitrogens with one attached hydrogen (secondary N) is 3. The molecule has 0 aliphatic rings. The minimum atomic E-state index is -4.21. The lowest BCUT2D eigenvalue weighted by Gasteiger charge is -2.13. The molecule has 0 unspecified atom stereocenters. The van der Waals surface area contributed by atoms with Crippen molar-refractivity contribution in [3.63, 3.8) is 0 Å². The zero-order valence-electron chi connectivity index (χ0n) is 16.5. The second kappa shape index (κ2) is 9.71. The van der Waals surface area contributed by atoms with Crippen LogP contribution in [-0.4, -0.2) is 31.7 Å². The van der Waals surface area contributed by atoms with Crippen LogP contribution in [0.3, 0.4) is 0 Å². The Hall–Kier alpha value is -4.25. The van der Waals surface area contributed by atoms with Crippen LogP contribution in [0.5, 0.6) is 0 Å². The molecule has 0 aromatic heterocycles. The van der Waals surface area contributed by atoms with Gasteiger partial charge in [-0.05, 0) is 30.3 Å². The summed E-state index contributed by atoms with van der Waals surface area (Å²) in [5.41, 5.74) is 0.120. The van der Waals surface area contributed by atoms with Crippen LogP contribution >= 0.6 is 0 Å². The van der Waals surface area contributed by atoms with Gasteiger partial charge in [0.2, 0.25) is 5.91 Å². The smallest absolute Gasteiger partial charge is 0.270 e. The van der Waals surface area contributed by atoms with Gasteiger partial charge >= 0.3 is 0 Å². The van der Waals surface area contributed by atoms with E-state index < -0.39 is 26.8 Å². The lowest BCUT2D eigenvalue weighted by Crippen LogP contribution is -2.33. The number of nitrogens with zero attached hydrogens (tertiary/aromatic N) is 1. The predicted octanol–water partition coefficient (Wildman–Crippen LogP) is 2.76. The van der Waals surface area contributed by atoms with Gasteiger partial charge in [-0.3, -0.25) is 24.4 Å². The number of carbonyl (C=O) groups excluding carboxylic acids is 2. The van der Waals surface area contributed by atoms with Crippen LogP contribution in [0.1, 0.15) is 10.4 Å². The van der Waals surface area contributed by atoms with Crippen molar-refractivity contribution in [3.05, 3.63) is 94.5 Å². The topological polar surface area (TPSA) is 148 Å². The van der Waals surface area contributed by atoms with E-state index in [2.05, 4.69) is 15.4 Å². The average molecular weight is 454 g/mol. The number of benzene rings is 3. The summed E-state index contributed by atoms with van der Waals surface area (Å²) >= 11 is 0. The maximum atomic E-state index is 12.7. The molecule has 11 heteroatoms. The number of hydrogen-bond donors (Lipinski definition) is 3. The summed E-state index contributed by atoms with van der Waals surface area (Å²) in [6, 6.07) is 19.0. The van der Waals surface area contributed by atoms with Gasteiger partial charge in [0, 0.05) is 17.8 Å². The van der Waals surface area contributed by atoms with Gasteiger partial charge in [-0.2, -0.15) is 0 Å². The van der Waals surface area contributed by atoms with Crippen LogP contribution in [0.2, 0.25) is 0 Å². The van der Waals surface area contributed by atoms with Crippen molar-refractivity contribution in [1.29, 1.82) is 0 Å². The first kappa shape index (κ1) is 22.4. The van der Waals surface area contributed by atoms with Crippen molar-refractivity contribution in [3.8, 4) is 0 Å². The van der Waals surface area contributed by atoms with Crippen molar-refractivity contribution >= 4 is 38.9 Å². The summed E-state index contributed by atoms with van der Waals surface area (Å²) in [6.45, 7) is -0.334. The molecule has 164 valence electrons. The van der Waals surface area contributed by atoms with Gasteiger partial charge in [0.15, 0.2) is 0 Å². The van der Waals surface area contributed by atoms with Crippen LogP contribution in [-0.2, 0) is 14.8 Å². The largest absolute Gasteiger partial charge is 0.343 e. The van der Waals surface area contributed by atoms with Crippen molar-refractivity contribution in [2.24, 2.45) is 0 Å². The standard InChI is InChI=1S/C21H18N4O6S/c26-20(23-15-7-2-1-3-8-15)14-22-21(27)18-11-4-5-12-19(18)24-32(30,31)17-10-6-9-16(13-17)25(28)29/h1-13,24H,14H2,(H,22,27)(H,23,26). The van der Waals surface area contributed by atoms with Crippen LogP contribution in [0.25, 0.3) is 0 Å². The Morgan fingerprint density at radius 3 is 2.31 bits per heavy atom. The number of para-hydroxylation sites is 2. The molecule has 0 atom stereocenters. The third-order valence-electron chi connectivity index (χ3n) is 4.22. The molecular formula is C21H18N4O6S. The molecule has 0 aliphatic heterocycles. The molecule has 3 rings (SSSR count). The zero-order chi connectivity index (χ0) is 23.1. The van der Waals surface area contributed by atoms with E-state index in [9.17, 15) is 28.1 Å². The Labute approximate surface area is 183 Å². The lowest BCUT2D eigenvalue weighted by molar-refractivity contribution is -0.385. The molecular weight excluding hydrogens is 436 g/mol. The first-order valence-corrected chi connectivity index (χ1v) is 10.7. The zero-order valence-corrected chi connectivity index (χ0v) is 17.3. The Bertz CT molecular complexity index is 1260. The first-order valence-electron chi connectivity index (χ1n) is 9.26. The van der Waals surface area contributed by atoms with Gasteiger partial charge < -0.3 is 10.6 Å². The summed E-state index contributed by atoms with van der Waals surface area (Å²) < 4.78 is 27.6. The van der Waals surface area contributed by atoms with Gasteiger partial charge in [-0.1, -0.05) is 36.4 Å². The average Bonchev–Trinajstić information content (AvgIpc) is 2.78. The normalized spacial score (nSPS) is 10.8. The molecule has 32 heavy (non-hydrogen) atoms. The van der Waals surface area contributed by atoms with Crippen molar-refractivity contribution < 1.29 is 22.9 Å². The highest BCUT2D eigenvalue weighted by atomic mass is 32.2. The molecule has 0 saturated carbocycles. The number of nitro benzene ring substituents is 1. The van der Waals surface area contributed by atoms with Gasteiger partial charge in [0.25, 0.3) is 21.6 Å². The summed E-state index contributed by atoms with van der Waals surface area (Å²) in [5.74, 6) is -1.13. The molecule has 0 fully saturated rings. The summed E-state index contributed by atoms with van der Waals surface area (Å²) in [4.78, 5) is 34.5. The summed E-state index contributed by atoms with van der Waals surface area (Å²) in [5, 5.41) is 16.0. The summed E-state index contributed by atoms with van der Waals surface area (Å²) in [7, 11) is -4.21. The van der Waals surface area contributed by atoms with E-state index in [-0.39, 0.29) is 28.4 Å². The van der Waals surface area contributed by atoms with Crippen molar-refractivity contribution in [2.45, 2.75) is 4.90 Å². The van der Waals surface area contributed by atoms with Crippen molar-refractivity contribution in [1.82, 2.24) is 5.32 Å². The quantitative estimate of drug-likeness (QED) is 0.352. The number of amides is 2. The third-order valence-corrected chi connectivity index (χ3v) is 5.58. The molecule has 2 amide bonds. The second-order valence-corrected chi connectivity index (χ2v) is 8.18. The van der Waals surface area contributed by atoms with Crippen LogP contribution < -0.4 is 15.4 Å².